The number of aromatic nitrogens is 2. The molecule has 21 heavy (non-hydrogen) atoms. The molecule has 1 saturated carbocycles. The summed E-state index contributed by atoms with van der Waals surface area (Å²) in [5.41, 5.74) is 8.71. The van der Waals surface area contributed by atoms with Gasteiger partial charge in [0.1, 0.15) is 0 Å². The third-order valence-corrected chi connectivity index (χ3v) is 5.30. The van der Waals surface area contributed by atoms with Crippen molar-refractivity contribution in [3.8, 4) is 0 Å². The van der Waals surface area contributed by atoms with Crippen molar-refractivity contribution in [2.75, 3.05) is 6.54 Å². The second kappa shape index (κ2) is 7.98. The molecule has 0 spiro atoms. The van der Waals surface area contributed by atoms with Gasteiger partial charge in [0.25, 0.3) is 0 Å². The van der Waals surface area contributed by atoms with Gasteiger partial charge >= 0.3 is 0 Å². The molecule has 0 bridgehead atoms. The number of hydrogen-bond acceptors (Lipinski definition) is 2. The van der Waals surface area contributed by atoms with Crippen LogP contribution in [-0.4, -0.2) is 16.3 Å². The first-order valence-electron chi connectivity index (χ1n) is 8.97. The fraction of sp³-hybridized carbons (Fsp3) is 0.833. The van der Waals surface area contributed by atoms with Gasteiger partial charge in [0.15, 0.2) is 0 Å². The van der Waals surface area contributed by atoms with Crippen molar-refractivity contribution in [2.24, 2.45) is 23.5 Å². The SMILES string of the molecule is CCCC1CCC(CN)C(Cc2cc(CC)nn2CC)C1. The van der Waals surface area contributed by atoms with Gasteiger partial charge in [-0.3, -0.25) is 4.68 Å². The predicted octanol–water partition coefficient (Wildman–Crippen LogP) is 3.80. The molecule has 0 amide bonds. The maximum Gasteiger partial charge on any atom is 0.0624 e. The molecule has 1 heterocycles. The molecule has 1 fully saturated rings. The van der Waals surface area contributed by atoms with E-state index >= 15 is 0 Å². The molecular formula is C18H33N3. The minimum absolute atomic E-state index is 0.711. The van der Waals surface area contributed by atoms with Crippen molar-refractivity contribution in [1.29, 1.82) is 0 Å². The molecule has 2 rings (SSSR count). The smallest absolute Gasteiger partial charge is 0.0624 e. The average Bonchev–Trinajstić information content (AvgIpc) is 2.90. The summed E-state index contributed by atoms with van der Waals surface area (Å²) in [6, 6.07) is 2.32. The summed E-state index contributed by atoms with van der Waals surface area (Å²) in [7, 11) is 0. The van der Waals surface area contributed by atoms with Crippen molar-refractivity contribution in [3.63, 3.8) is 0 Å². The molecule has 1 aromatic rings. The normalized spacial score (nSPS) is 26.2. The van der Waals surface area contributed by atoms with E-state index in [4.69, 9.17) is 10.8 Å². The Morgan fingerprint density at radius 1 is 1.24 bits per heavy atom. The minimum Gasteiger partial charge on any atom is -0.330 e. The van der Waals surface area contributed by atoms with E-state index in [1.807, 2.05) is 0 Å². The van der Waals surface area contributed by atoms with Gasteiger partial charge in [0.2, 0.25) is 0 Å². The highest BCUT2D eigenvalue weighted by atomic mass is 15.3. The van der Waals surface area contributed by atoms with Gasteiger partial charge < -0.3 is 5.73 Å². The maximum atomic E-state index is 6.05. The molecule has 1 aliphatic carbocycles. The van der Waals surface area contributed by atoms with Crippen LogP contribution in [0.15, 0.2) is 6.07 Å². The number of rotatable bonds is 7. The molecule has 3 heteroatoms. The van der Waals surface area contributed by atoms with Gasteiger partial charge in [0, 0.05) is 12.2 Å². The lowest BCUT2D eigenvalue weighted by Gasteiger charge is -2.35. The van der Waals surface area contributed by atoms with Crippen LogP contribution in [0.4, 0.5) is 0 Å². The van der Waals surface area contributed by atoms with Crippen LogP contribution in [0.3, 0.4) is 0 Å². The molecule has 0 saturated heterocycles. The predicted molar refractivity (Wildman–Crippen MR) is 89.3 cm³/mol. The van der Waals surface area contributed by atoms with Crippen molar-refractivity contribution >= 4 is 0 Å². The summed E-state index contributed by atoms with van der Waals surface area (Å²) in [6.45, 7) is 8.52. The van der Waals surface area contributed by atoms with E-state index in [-0.39, 0.29) is 0 Å². The topological polar surface area (TPSA) is 43.8 Å². The van der Waals surface area contributed by atoms with Crippen LogP contribution in [0.5, 0.6) is 0 Å². The summed E-state index contributed by atoms with van der Waals surface area (Å²) in [5.74, 6) is 2.39. The van der Waals surface area contributed by atoms with E-state index < -0.39 is 0 Å². The van der Waals surface area contributed by atoms with Gasteiger partial charge in [-0.25, -0.2) is 0 Å². The summed E-state index contributed by atoms with van der Waals surface area (Å²) < 4.78 is 2.20. The summed E-state index contributed by atoms with van der Waals surface area (Å²) >= 11 is 0. The van der Waals surface area contributed by atoms with E-state index in [9.17, 15) is 0 Å². The summed E-state index contributed by atoms with van der Waals surface area (Å²) in [6.07, 6.45) is 8.99. The Kier molecular flexibility index (Phi) is 6.28. The molecule has 1 aliphatic rings. The lowest BCUT2D eigenvalue weighted by atomic mass is 9.71. The summed E-state index contributed by atoms with van der Waals surface area (Å²) in [5, 5.41) is 4.70. The number of aryl methyl sites for hydroxylation is 2. The largest absolute Gasteiger partial charge is 0.330 e. The van der Waals surface area contributed by atoms with Crippen molar-refractivity contribution in [2.45, 2.75) is 72.3 Å². The fourth-order valence-corrected chi connectivity index (χ4v) is 4.05. The van der Waals surface area contributed by atoms with Gasteiger partial charge in [0.05, 0.1) is 5.69 Å². The number of nitrogens with two attached hydrogens (primary N) is 1. The first kappa shape index (κ1) is 16.5. The fourth-order valence-electron chi connectivity index (χ4n) is 4.05. The zero-order valence-corrected chi connectivity index (χ0v) is 14.1. The molecule has 0 aliphatic heterocycles. The Balaban J connectivity index is 2.08. The first-order valence-corrected chi connectivity index (χ1v) is 8.97. The van der Waals surface area contributed by atoms with Gasteiger partial charge in [-0.1, -0.05) is 33.1 Å². The van der Waals surface area contributed by atoms with Crippen LogP contribution < -0.4 is 5.73 Å². The molecule has 3 unspecified atom stereocenters. The van der Waals surface area contributed by atoms with Crippen molar-refractivity contribution < 1.29 is 0 Å². The monoisotopic (exact) mass is 291 g/mol. The van der Waals surface area contributed by atoms with Crippen LogP contribution in [0.2, 0.25) is 0 Å². The molecule has 0 radical (unpaired) electrons. The van der Waals surface area contributed by atoms with Crippen LogP contribution >= 0.6 is 0 Å². The van der Waals surface area contributed by atoms with Crippen molar-refractivity contribution in [3.05, 3.63) is 17.5 Å². The lowest BCUT2D eigenvalue weighted by Crippen LogP contribution is -2.32. The molecule has 2 N–H and O–H groups in total. The van der Waals surface area contributed by atoms with Gasteiger partial charge in [-0.15, -0.1) is 0 Å². The van der Waals surface area contributed by atoms with E-state index in [1.165, 1.54) is 49.9 Å². The minimum atomic E-state index is 0.711. The second-order valence-electron chi connectivity index (χ2n) is 6.72. The molecule has 0 aromatic carbocycles. The average molecular weight is 291 g/mol. The Hall–Kier alpha value is -0.830. The Morgan fingerprint density at radius 3 is 2.67 bits per heavy atom. The highest BCUT2D eigenvalue weighted by Gasteiger charge is 2.30. The van der Waals surface area contributed by atoms with Crippen LogP contribution in [-0.2, 0) is 19.4 Å². The number of nitrogens with zero attached hydrogens (tertiary/aromatic N) is 2. The zero-order chi connectivity index (χ0) is 15.2. The van der Waals surface area contributed by atoms with Crippen molar-refractivity contribution in [1.82, 2.24) is 9.78 Å². The van der Waals surface area contributed by atoms with Crippen LogP contribution in [0.1, 0.15) is 64.3 Å². The standard InChI is InChI=1S/C18H33N3/c1-4-7-14-8-9-15(13-19)16(10-14)11-18-12-17(5-2)20-21(18)6-3/h12,14-16H,4-11,13,19H2,1-3H3. The van der Waals surface area contributed by atoms with E-state index in [0.29, 0.717) is 5.92 Å². The Bertz CT molecular complexity index is 424. The number of hydrogen-bond donors (Lipinski definition) is 1. The Morgan fingerprint density at radius 2 is 2.05 bits per heavy atom. The third kappa shape index (κ3) is 4.09. The van der Waals surface area contributed by atoms with E-state index in [1.54, 1.807) is 0 Å². The molecule has 1 aromatic heterocycles. The molecular weight excluding hydrogens is 258 g/mol. The molecule has 3 nitrogen and oxygen atoms in total. The zero-order valence-electron chi connectivity index (χ0n) is 14.1. The first-order chi connectivity index (χ1) is 10.2. The highest BCUT2D eigenvalue weighted by Crippen LogP contribution is 2.37. The summed E-state index contributed by atoms with van der Waals surface area (Å²) in [4.78, 5) is 0. The van der Waals surface area contributed by atoms with E-state index in [0.717, 1.165) is 31.3 Å². The van der Waals surface area contributed by atoms with Crippen LogP contribution in [0.25, 0.3) is 0 Å². The third-order valence-electron chi connectivity index (χ3n) is 5.30. The van der Waals surface area contributed by atoms with Gasteiger partial charge in [-0.05, 0) is 63.0 Å². The second-order valence-corrected chi connectivity index (χ2v) is 6.72. The van der Waals surface area contributed by atoms with Gasteiger partial charge in [-0.2, -0.15) is 5.10 Å². The Labute approximate surface area is 130 Å². The molecule has 120 valence electrons. The highest BCUT2D eigenvalue weighted by molar-refractivity contribution is 5.12. The lowest BCUT2D eigenvalue weighted by molar-refractivity contribution is 0.173. The molecule has 3 atom stereocenters. The maximum absolute atomic E-state index is 6.05. The quantitative estimate of drug-likeness (QED) is 0.830. The van der Waals surface area contributed by atoms with E-state index in [2.05, 4.69) is 31.5 Å². The van der Waals surface area contributed by atoms with Crippen LogP contribution in [0, 0.1) is 17.8 Å².